The average molecular weight is 453 g/mol. The van der Waals surface area contributed by atoms with Gasteiger partial charge in [-0.3, -0.25) is 4.68 Å². The third-order valence-electron chi connectivity index (χ3n) is 6.90. The standard InChI is InChI=1S/C27H28N6O/c1-18-6-4-8-22-26(21-7-5-9-24-23(21)17-31(2)29-24)30-33(27(18)22)19-10-11-25(28-16-19)32-14-12-20(34-3)13-15-32/h4-11,16-17,20H,12-15H2,1-3H3. The number of hydrogen-bond donors (Lipinski definition) is 0. The van der Waals surface area contributed by atoms with Gasteiger partial charge in [0.25, 0.3) is 0 Å². The van der Waals surface area contributed by atoms with Crippen LogP contribution in [-0.4, -0.2) is 50.8 Å². The van der Waals surface area contributed by atoms with Crippen molar-refractivity contribution in [3.8, 4) is 16.9 Å². The number of methoxy groups -OCH3 is 1. The second-order valence-electron chi connectivity index (χ2n) is 9.07. The van der Waals surface area contributed by atoms with Crippen LogP contribution in [0.4, 0.5) is 5.82 Å². The zero-order valence-corrected chi connectivity index (χ0v) is 19.8. The monoisotopic (exact) mass is 452 g/mol. The first kappa shape index (κ1) is 20.9. The Hall–Kier alpha value is -3.71. The zero-order valence-electron chi connectivity index (χ0n) is 19.8. The molecule has 0 spiro atoms. The van der Waals surface area contributed by atoms with Gasteiger partial charge in [-0.25, -0.2) is 9.67 Å². The molecular weight excluding hydrogens is 424 g/mol. The van der Waals surface area contributed by atoms with Crippen molar-refractivity contribution >= 4 is 27.6 Å². The van der Waals surface area contributed by atoms with E-state index in [0.29, 0.717) is 6.10 Å². The highest BCUT2D eigenvalue weighted by Crippen LogP contribution is 2.35. The van der Waals surface area contributed by atoms with Crippen molar-refractivity contribution in [3.63, 3.8) is 0 Å². The lowest BCUT2D eigenvalue weighted by molar-refractivity contribution is 0.0818. The Morgan fingerprint density at radius 1 is 0.941 bits per heavy atom. The number of ether oxygens (including phenoxy) is 1. The Bertz CT molecular complexity index is 1470. The molecule has 0 saturated carbocycles. The fourth-order valence-electron chi connectivity index (χ4n) is 5.10. The van der Waals surface area contributed by atoms with Gasteiger partial charge >= 0.3 is 0 Å². The van der Waals surface area contributed by atoms with E-state index in [-0.39, 0.29) is 0 Å². The number of benzene rings is 2. The van der Waals surface area contributed by atoms with Crippen LogP contribution >= 0.6 is 0 Å². The molecule has 7 nitrogen and oxygen atoms in total. The fourth-order valence-corrected chi connectivity index (χ4v) is 5.10. The Morgan fingerprint density at radius 2 is 1.76 bits per heavy atom. The van der Waals surface area contributed by atoms with Crippen LogP contribution in [0.5, 0.6) is 0 Å². The highest BCUT2D eigenvalue weighted by molar-refractivity contribution is 6.03. The van der Waals surface area contributed by atoms with Gasteiger partial charge in [-0.15, -0.1) is 0 Å². The zero-order chi connectivity index (χ0) is 23.2. The lowest BCUT2D eigenvalue weighted by atomic mass is 10.0. The number of nitrogens with zero attached hydrogens (tertiary/aromatic N) is 6. The largest absolute Gasteiger partial charge is 0.381 e. The number of anilines is 1. The Labute approximate surface area is 198 Å². The summed E-state index contributed by atoms with van der Waals surface area (Å²) in [4.78, 5) is 7.15. The molecule has 0 N–H and O–H groups in total. The SMILES string of the molecule is COC1CCN(c2ccc(-n3nc(-c4cccc5nn(C)cc45)c4cccc(C)c43)cn2)CC1. The van der Waals surface area contributed by atoms with Crippen molar-refractivity contribution in [2.75, 3.05) is 25.1 Å². The quantitative estimate of drug-likeness (QED) is 0.388. The van der Waals surface area contributed by atoms with Gasteiger partial charge in [0.1, 0.15) is 11.5 Å². The molecule has 34 heavy (non-hydrogen) atoms. The van der Waals surface area contributed by atoms with Crippen molar-refractivity contribution in [2.45, 2.75) is 25.9 Å². The summed E-state index contributed by atoms with van der Waals surface area (Å²) in [6.45, 7) is 4.07. The topological polar surface area (TPSA) is 61.0 Å². The maximum atomic E-state index is 5.51. The maximum absolute atomic E-state index is 5.51. The molecule has 2 aromatic carbocycles. The first-order valence-electron chi connectivity index (χ1n) is 11.8. The van der Waals surface area contributed by atoms with Gasteiger partial charge in [-0.1, -0.05) is 30.3 Å². The van der Waals surface area contributed by atoms with Crippen LogP contribution in [0.25, 0.3) is 38.8 Å². The summed E-state index contributed by atoms with van der Waals surface area (Å²) in [7, 11) is 3.75. The molecule has 6 rings (SSSR count). The maximum Gasteiger partial charge on any atom is 0.128 e. The number of aryl methyl sites for hydroxylation is 2. The summed E-state index contributed by atoms with van der Waals surface area (Å²) in [6, 6.07) is 16.8. The molecule has 0 aliphatic carbocycles. The first-order chi connectivity index (χ1) is 16.6. The molecule has 1 fully saturated rings. The van der Waals surface area contributed by atoms with Crippen LogP contribution in [0.3, 0.4) is 0 Å². The molecule has 0 bridgehead atoms. The van der Waals surface area contributed by atoms with Crippen LogP contribution in [0, 0.1) is 6.92 Å². The summed E-state index contributed by atoms with van der Waals surface area (Å²) in [5.74, 6) is 1.01. The molecule has 4 heterocycles. The molecule has 0 radical (unpaired) electrons. The molecule has 0 atom stereocenters. The smallest absolute Gasteiger partial charge is 0.128 e. The second kappa shape index (κ2) is 8.25. The Morgan fingerprint density at radius 3 is 2.53 bits per heavy atom. The molecule has 1 aliphatic rings. The molecule has 172 valence electrons. The van der Waals surface area contributed by atoms with E-state index in [1.807, 2.05) is 28.7 Å². The van der Waals surface area contributed by atoms with Gasteiger partial charge in [0, 0.05) is 49.8 Å². The summed E-state index contributed by atoms with van der Waals surface area (Å²) >= 11 is 0. The van der Waals surface area contributed by atoms with Crippen molar-refractivity contribution in [1.29, 1.82) is 0 Å². The molecule has 3 aromatic heterocycles. The molecule has 1 saturated heterocycles. The van der Waals surface area contributed by atoms with E-state index in [4.69, 9.17) is 14.8 Å². The number of piperidine rings is 1. The molecule has 7 heteroatoms. The van der Waals surface area contributed by atoms with Crippen molar-refractivity contribution in [2.24, 2.45) is 7.05 Å². The van der Waals surface area contributed by atoms with Gasteiger partial charge in [-0.2, -0.15) is 10.2 Å². The van der Waals surface area contributed by atoms with Gasteiger partial charge in [0.2, 0.25) is 0 Å². The predicted octanol–water partition coefficient (Wildman–Crippen LogP) is 4.90. The lowest BCUT2D eigenvalue weighted by Crippen LogP contribution is -2.37. The van der Waals surface area contributed by atoms with Crippen LogP contribution in [0.15, 0.2) is 60.9 Å². The highest BCUT2D eigenvalue weighted by Gasteiger charge is 2.21. The number of para-hydroxylation sites is 1. The minimum absolute atomic E-state index is 0.358. The normalized spacial score (nSPS) is 15.0. The summed E-state index contributed by atoms with van der Waals surface area (Å²) in [6.07, 6.45) is 6.43. The Balaban J connectivity index is 1.43. The number of fused-ring (bicyclic) bond motifs is 2. The van der Waals surface area contributed by atoms with Gasteiger partial charge in [-0.05, 0) is 43.5 Å². The second-order valence-corrected chi connectivity index (χ2v) is 9.07. The third-order valence-corrected chi connectivity index (χ3v) is 6.90. The van der Waals surface area contributed by atoms with E-state index in [1.165, 1.54) is 5.56 Å². The van der Waals surface area contributed by atoms with Gasteiger partial charge in [0.05, 0.1) is 29.0 Å². The minimum Gasteiger partial charge on any atom is -0.381 e. The van der Waals surface area contributed by atoms with Crippen molar-refractivity contribution in [3.05, 3.63) is 66.5 Å². The third kappa shape index (κ3) is 3.44. The van der Waals surface area contributed by atoms with Crippen LogP contribution < -0.4 is 4.90 Å². The van der Waals surface area contributed by atoms with Crippen molar-refractivity contribution < 1.29 is 4.74 Å². The molecule has 0 unspecified atom stereocenters. The predicted molar refractivity (Wildman–Crippen MR) is 136 cm³/mol. The summed E-state index contributed by atoms with van der Waals surface area (Å²) < 4.78 is 9.40. The van der Waals surface area contributed by atoms with E-state index >= 15 is 0 Å². The lowest BCUT2D eigenvalue weighted by Gasteiger charge is -2.32. The summed E-state index contributed by atoms with van der Waals surface area (Å²) in [5.41, 5.74) is 6.26. The Kier molecular flexibility index (Phi) is 5.07. The molecule has 5 aromatic rings. The minimum atomic E-state index is 0.358. The van der Waals surface area contributed by atoms with Crippen LogP contribution in [0.2, 0.25) is 0 Å². The average Bonchev–Trinajstić information content (AvgIpc) is 3.45. The van der Waals surface area contributed by atoms with Gasteiger partial charge < -0.3 is 9.64 Å². The van der Waals surface area contributed by atoms with Crippen LogP contribution in [0.1, 0.15) is 18.4 Å². The van der Waals surface area contributed by atoms with E-state index in [2.05, 4.69) is 65.6 Å². The van der Waals surface area contributed by atoms with E-state index in [1.54, 1.807) is 7.11 Å². The number of aromatic nitrogens is 5. The van der Waals surface area contributed by atoms with Crippen molar-refractivity contribution in [1.82, 2.24) is 24.5 Å². The number of pyridine rings is 1. The van der Waals surface area contributed by atoms with E-state index < -0.39 is 0 Å². The fraction of sp³-hybridized carbons (Fsp3) is 0.296. The molecule has 1 aliphatic heterocycles. The molecular formula is C27H28N6O. The first-order valence-corrected chi connectivity index (χ1v) is 11.8. The number of hydrogen-bond acceptors (Lipinski definition) is 5. The molecule has 0 amide bonds. The van der Waals surface area contributed by atoms with Gasteiger partial charge in [0.15, 0.2) is 0 Å². The van der Waals surface area contributed by atoms with E-state index in [9.17, 15) is 0 Å². The number of rotatable bonds is 4. The summed E-state index contributed by atoms with van der Waals surface area (Å²) in [5, 5.41) is 11.9. The van der Waals surface area contributed by atoms with E-state index in [0.717, 1.165) is 70.5 Å². The van der Waals surface area contributed by atoms with Crippen LogP contribution in [-0.2, 0) is 11.8 Å². The highest BCUT2D eigenvalue weighted by atomic mass is 16.5.